The average molecular weight is 1710 g/mol. The molecule has 3 aliphatic rings. The second-order valence-electron chi connectivity index (χ2n) is 31.9. The van der Waals surface area contributed by atoms with E-state index in [0.29, 0.717) is 52.1 Å². The van der Waals surface area contributed by atoms with Crippen molar-refractivity contribution >= 4 is 106 Å². The van der Waals surface area contributed by atoms with Gasteiger partial charge in [0.25, 0.3) is 35.4 Å². The van der Waals surface area contributed by atoms with Gasteiger partial charge in [0.2, 0.25) is 12.5 Å². The fourth-order valence-corrected chi connectivity index (χ4v) is 14.0. The second-order valence-corrected chi connectivity index (χ2v) is 32.4. The molecule has 0 radical (unpaired) electrons. The maximum absolute atomic E-state index is 14.1. The maximum atomic E-state index is 14.1. The fourth-order valence-electron chi connectivity index (χ4n) is 13.9. The Morgan fingerprint density at radius 1 is 0.455 bits per heavy atom. The molecule has 3 heterocycles. The molecule has 656 valence electrons. The van der Waals surface area contributed by atoms with Gasteiger partial charge in [-0.25, -0.2) is 33.9 Å². The number of carbonyl (C=O) groups excluding carboxylic acids is 13. The highest BCUT2D eigenvalue weighted by atomic mass is 35.5. The average Bonchev–Trinajstić information content (AvgIpc) is 1.62. The van der Waals surface area contributed by atoms with Gasteiger partial charge < -0.3 is 49.3 Å². The number of halogens is 1. The van der Waals surface area contributed by atoms with Crippen molar-refractivity contribution in [1.82, 2.24) is 29.4 Å². The highest BCUT2D eigenvalue weighted by Crippen LogP contribution is 2.35. The molecule has 3 N–H and O–H groups in total. The van der Waals surface area contributed by atoms with Crippen LogP contribution in [0, 0.1) is 24.7 Å². The van der Waals surface area contributed by atoms with E-state index < -0.39 is 118 Å². The van der Waals surface area contributed by atoms with Gasteiger partial charge in [-0.1, -0.05) is 221 Å². The number of ketones is 3. The Kier molecular flexibility index (Phi) is 35.8. The zero-order chi connectivity index (χ0) is 89.8. The summed E-state index contributed by atoms with van der Waals surface area (Å²) >= 11 is 6.46. The van der Waals surface area contributed by atoms with Crippen molar-refractivity contribution in [2.24, 2.45) is 10.8 Å². The standard InChI is InChI=1S/C41H50ClN3O8.C27H33N3O6.C26H31N3O5/c1-4-6-7-8-9-10-11-12-13-17-26-53-40(49)31-22-25-33(42)34(27-31)43-37(47)35(36(46)30-20-23-32(51-3)24-21-30)45-38(48)39(52-5-2)44(41(45)50)28-29-18-15-14-16-19-29;1-7-36-25-24(33)30(26(34)29(25)16-18-11-9-8-10-12-18)21(22(31)27(3,4)5)23(32)28-19-15-17(2)13-14-20(19)35-6;1-17-11-12-20(34-5)19(15-17)27-24(32)22(23(31)26(2,3)4)29-21(30)16-28(25(29)33)14-13-18-9-7-6-8-10-18/h14-16,18-25,27,35,39H,4-13,17,26,28H2,1-3H3,(H,43,47);8-15,21,25H,7,16H2,1-6H3,(H,28,32);6-12,15,22H,13-14,16H2,1-5H3,(H,27,32). The van der Waals surface area contributed by atoms with Crippen molar-refractivity contribution in [2.75, 3.05) is 70.2 Å². The molecule has 29 heteroatoms. The largest absolute Gasteiger partial charge is 0.497 e. The number of urea groups is 3. The number of rotatable bonds is 39. The summed E-state index contributed by atoms with van der Waals surface area (Å²) in [4.78, 5) is 182. The fraction of sp³-hybridized carbons (Fsp3) is 0.415. The van der Waals surface area contributed by atoms with E-state index in [0.717, 1.165) is 57.7 Å². The number of hydrogen-bond donors (Lipinski definition) is 3. The van der Waals surface area contributed by atoms with E-state index >= 15 is 0 Å². The molecule has 12 amide bonds. The molecule has 3 fully saturated rings. The van der Waals surface area contributed by atoms with Crippen molar-refractivity contribution in [3.63, 3.8) is 0 Å². The number of nitrogens with one attached hydrogen (secondary N) is 3. The zero-order valence-electron chi connectivity index (χ0n) is 72.6. The number of benzene rings is 7. The molecular weight excluding hydrogens is 1590 g/mol. The summed E-state index contributed by atoms with van der Waals surface area (Å²) in [6.07, 6.45) is 9.44. The minimum Gasteiger partial charge on any atom is -0.497 e. The minimum absolute atomic E-state index is 0.000760. The van der Waals surface area contributed by atoms with Crippen LogP contribution in [0.25, 0.3) is 0 Å². The Bertz CT molecular complexity index is 4870. The Morgan fingerprint density at radius 2 is 0.870 bits per heavy atom. The first-order valence-electron chi connectivity index (χ1n) is 41.4. The summed E-state index contributed by atoms with van der Waals surface area (Å²) in [6, 6.07) is 40.7. The number of Topliss-reactive ketones (excluding diaryl/α,β-unsaturated/α-hetero) is 3. The Labute approximate surface area is 724 Å². The van der Waals surface area contributed by atoms with E-state index in [4.69, 9.17) is 40.0 Å². The Balaban J connectivity index is 0.000000237. The summed E-state index contributed by atoms with van der Waals surface area (Å²) in [6.45, 7) is 19.8. The molecule has 5 atom stereocenters. The molecule has 7 aromatic carbocycles. The minimum atomic E-state index is -1.95. The predicted octanol–water partition coefficient (Wildman–Crippen LogP) is 15.6. The van der Waals surface area contributed by atoms with Crippen molar-refractivity contribution < 1.29 is 90.8 Å². The predicted molar refractivity (Wildman–Crippen MR) is 466 cm³/mol. The maximum Gasteiger partial charge on any atom is 0.338 e. The summed E-state index contributed by atoms with van der Waals surface area (Å²) in [5.41, 5.74) is 3.12. The number of carbonyl (C=O) groups is 13. The number of hydrogen-bond acceptors (Lipinski definition) is 19. The van der Waals surface area contributed by atoms with Crippen LogP contribution < -0.4 is 30.2 Å². The third-order valence-electron chi connectivity index (χ3n) is 20.5. The van der Waals surface area contributed by atoms with Gasteiger partial charge in [0.1, 0.15) is 23.8 Å². The lowest BCUT2D eigenvalue weighted by atomic mass is 9.85. The molecule has 0 saturated carbocycles. The molecule has 7 aromatic rings. The lowest BCUT2D eigenvalue weighted by Gasteiger charge is -2.29. The SMILES string of the molecule is CCCCCCCCCCCCOC(=O)c1ccc(Cl)c(NC(=O)C(C(=O)c2ccc(OC)cc2)N2C(=O)C(OCC)N(Cc3ccccc3)C2=O)c1.CCOC1C(=O)N(C(C(=O)Nc2cc(C)ccc2OC)C(=O)C(C)(C)C)C(=O)N1Cc1ccccc1.COc1ccc(C)cc1NC(=O)C(C(=O)C(C)(C)C)N1C(=O)CN(CCc2ccccc2)C1=O. The third kappa shape index (κ3) is 25.7. The summed E-state index contributed by atoms with van der Waals surface area (Å²) in [7, 11) is 4.39. The van der Waals surface area contributed by atoms with Gasteiger partial charge >= 0.3 is 24.1 Å². The first-order valence-corrected chi connectivity index (χ1v) is 41.8. The van der Waals surface area contributed by atoms with Crippen LogP contribution in [0.15, 0.2) is 170 Å². The first-order chi connectivity index (χ1) is 58.7. The Morgan fingerprint density at radius 3 is 1.31 bits per heavy atom. The molecular formula is C94H114ClN9O19. The van der Waals surface area contributed by atoms with Gasteiger partial charge in [-0.3, -0.25) is 53.0 Å². The normalized spacial score (nSPS) is 15.3. The number of unbranched alkanes of at least 4 members (excludes halogenated alkanes) is 9. The number of aryl methyl sites for hydroxylation is 2. The van der Waals surface area contributed by atoms with Crippen molar-refractivity contribution in [1.29, 1.82) is 0 Å². The topological polar surface area (TPSA) is 333 Å². The summed E-state index contributed by atoms with van der Waals surface area (Å²) in [5, 5.41) is 8.05. The van der Waals surface area contributed by atoms with Crippen molar-refractivity contribution in [2.45, 2.75) is 190 Å². The lowest BCUT2D eigenvalue weighted by Crippen LogP contribution is -2.55. The molecule has 28 nitrogen and oxygen atoms in total. The molecule has 123 heavy (non-hydrogen) atoms. The summed E-state index contributed by atoms with van der Waals surface area (Å²) < 4.78 is 32.6. The highest BCUT2D eigenvalue weighted by molar-refractivity contribution is 6.34. The van der Waals surface area contributed by atoms with Gasteiger partial charge in [-0.15, -0.1) is 0 Å². The molecule has 0 aromatic heterocycles. The van der Waals surface area contributed by atoms with E-state index in [2.05, 4.69) is 22.9 Å². The van der Waals surface area contributed by atoms with Crippen LogP contribution in [0.2, 0.25) is 5.02 Å². The van der Waals surface area contributed by atoms with Crippen LogP contribution in [0.3, 0.4) is 0 Å². The van der Waals surface area contributed by atoms with Crippen LogP contribution in [0.4, 0.5) is 31.4 Å². The van der Waals surface area contributed by atoms with Gasteiger partial charge in [0, 0.05) is 36.2 Å². The van der Waals surface area contributed by atoms with Gasteiger partial charge in [-0.2, -0.15) is 0 Å². The number of methoxy groups -OCH3 is 3. The van der Waals surface area contributed by atoms with E-state index in [1.165, 1.54) is 117 Å². The van der Waals surface area contributed by atoms with E-state index in [-0.39, 0.29) is 61.3 Å². The van der Waals surface area contributed by atoms with Crippen LogP contribution in [-0.2, 0) is 72.1 Å². The highest BCUT2D eigenvalue weighted by Gasteiger charge is 2.56. The number of anilines is 3. The number of imide groups is 3. The number of amides is 12. The molecule has 10 rings (SSSR count). The van der Waals surface area contributed by atoms with Crippen LogP contribution >= 0.6 is 11.6 Å². The molecule has 3 aliphatic heterocycles. The molecule has 0 aliphatic carbocycles. The monoisotopic (exact) mass is 1710 g/mol. The molecule has 5 unspecified atom stereocenters. The number of esters is 1. The van der Waals surface area contributed by atoms with E-state index in [1.807, 2.05) is 92.7 Å². The van der Waals surface area contributed by atoms with Gasteiger partial charge in [0.15, 0.2) is 35.5 Å². The van der Waals surface area contributed by atoms with Gasteiger partial charge in [0.05, 0.1) is 68.7 Å². The van der Waals surface area contributed by atoms with E-state index in [9.17, 15) is 62.3 Å². The molecule has 3 saturated heterocycles. The van der Waals surface area contributed by atoms with Crippen LogP contribution in [0.1, 0.15) is 175 Å². The number of ether oxygens (including phenoxy) is 6. The lowest BCUT2D eigenvalue weighted by molar-refractivity contribution is -0.149. The first kappa shape index (κ1) is 96.3. The third-order valence-corrected chi connectivity index (χ3v) is 20.9. The smallest absolute Gasteiger partial charge is 0.338 e. The number of nitrogens with zero attached hydrogens (tertiary/aromatic N) is 6. The van der Waals surface area contributed by atoms with Crippen molar-refractivity contribution in [3.8, 4) is 17.2 Å². The van der Waals surface area contributed by atoms with Gasteiger partial charge in [-0.05, 0) is 135 Å². The summed E-state index contributed by atoms with van der Waals surface area (Å²) in [5.74, 6) is -6.05. The van der Waals surface area contributed by atoms with Crippen molar-refractivity contribution in [3.05, 3.63) is 214 Å². The van der Waals surface area contributed by atoms with Crippen LogP contribution in [-0.4, -0.2) is 191 Å². The van der Waals surface area contributed by atoms with E-state index in [1.54, 1.807) is 104 Å². The molecule has 0 spiro atoms. The quantitative estimate of drug-likeness (QED) is 0.0106. The second kappa shape index (κ2) is 45.7. The Hall–Kier alpha value is -12.1. The molecule has 0 bridgehead atoms. The van der Waals surface area contributed by atoms with Crippen LogP contribution in [0.5, 0.6) is 17.2 Å². The zero-order valence-corrected chi connectivity index (χ0v) is 73.4.